The van der Waals surface area contributed by atoms with Crippen molar-refractivity contribution in [1.82, 2.24) is 15.2 Å². The van der Waals surface area contributed by atoms with Crippen molar-refractivity contribution in [1.29, 1.82) is 0 Å². The Bertz CT molecular complexity index is 802. The summed E-state index contributed by atoms with van der Waals surface area (Å²) >= 11 is 5.97. The molecule has 1 aromatic carbocycles. The van der Waals surface area contributed by atoms with E-state index in [-0.39, 0.29) is 11.8 Å². The van der Waals surface area contributed by atoms with Crippen LogP contribution in [0.5, 0.6) is 0 Å². The molecule has 0 radical (unpaired) electrons. The van der Waals surface area contributed by atoms with Crippen LogP contribution in [-0.4, -0.2) is 54.4 Å². The molecule has 1 fully saturated rings. The summed E-state index contributed by atoms with van der Waals surface area (Å²) in [4.78, 5) is 32.0. The van der Waals surface area contributed by atoms with E-state index >= 15 is 0 Å². The monoisotopic (exact) mass is 386 g/mol. The van der Waals surface area contributed by atoms with Crippen LogP contribution in [0.1, 0.15) is 22.8 Å². The number of anilines is 1. The maximum Gasteiger partial charge on any atom is 0.252 e. The molecule has 2 heterocycles. The van der Waals surface area contributed by atoms with Crippen molar-refractivity contribution in [2.24, 2.45) is 0 Å². The first-order valence-electron chi connectivity index (χ1n) is 9.02. The second-order valence-electron chi connectivity index (χ2n) is 6.53. The molecule has 6 nitrogen and oxygen atoms in total. The topological polar surface area (TPSA) is 65.5 Å². The van der Waals surface area contributed by atoms with Crippen LogP contribution in [0.4, 0.5) is 5.82 Å². The Morgan fingerprint density at radius 1 is 1.15 bits per heavy atom. The molecule has 1 aliphatic heterocycles. The maximum atomic E-state index is 12.3. The lowest BCUT2D eigenvalue weighted by Gasteiger charge is -2.34. The molecule has 0 aliphatic carbocycles. The molecule has 27 heavy (non-hydrogen) atoms. The number of hydrogen-bond acceptors (Lipinski definition) is 4. The Balaban J connectivity index is 1.49. The lowest BCUT2D eigenvalue weighted by atomic mass is 10.1. The number of halogens is 1. The van der Waals surface area contributed by atoms with Gasteiger partial charge >= 0.3 is 0 Å². The predicted molar refractivity (Wildman–Crippen MR) is 106 cm³/mol. The van der Waals surface area contributed by atoms with E-state index in [9.17, 15) is 9.59 Å². The number of nitrogens with one attached hydrogen (secondary N) is 1. The number of pyridine rings is 1. The molecule has 2 amide bonds. The zero-order valence-corrected chi connectivity index (χ0v) is 16.1. The molecule has 1 N–H and O–H groups in total. The summed E-state index contributed by atoms with van der Waals surface area (Å²) in [7, 11) is 0. The van der Waals surface area contributed by atoms with Gasteiger partial charge in [-0.3, -0.25) is 9.59 Å². The fourth-order valence-corrected chi connectivity index (χ4v) is 3.29. The lowest BCUT2D eigenvalue weighted by Crippen LogP contribution is -2.48. The molecule has 0 unspecified atom stereocenters. The van der Waals surface area contributed by atoms with Gasteiger partial charge in [0.05, 0.1) is 5.56 Å². The number of amides is 2. The standard InChI is InChI=1S/C20H23ClN4O2/c1-15(26)24-9-11-25(12-10-24)19-6-5-17(14-23-19)20(27)22-8-7-16-3-2-4-18(21)13-16/h2-6,13-14H,7-12H2,1H3,(H,22,27). The third-order valence-corrected chi connectivity index (χ3v) is 4.88. The first-order chi connectivity index (χ1) is 13.0. The minimum absolute atomic E-state index is 0.104. The van der Waals surface area contributed by atoms with Gasteiger partial charge in [-0.2, -0.15) is 0 Å². The normalized spacial score (nSPS) is 14.1. The van der Waals surface area contributed by atoms with E-state index in [1.54, 1.807) is 19.2 Å². The maximum absolute atomic E-state index is 12.3. The van der Waals surface area contributed by atoms with Crippen LogP contribution in [0.15, 0.2) is 42.6 Å². The molecule has 1 aromatic heterocycles. The highest BCUT2D eigenvalue weighted by molar-refractivity contribution is 6.30. The number of carbonyl (C=O) groups excluding carboxylic acids is 2. The lowest BCUT2D eigenvalue weighted by molar-refractivity contribution is -0.129. The largest absolute Gasteiger partial charge is 0.353 e. The first-order valence-corrected chi connectivity index (χ1v) is 9.40. The van der Waals surface area contributed by atoms with E-state index in [0.29, 0.717) is 30.2 Å². The second-order valence-corrected chi connectivity index (χ2v) is 6.97. The number of benzene rings is 1. The molecule has 3 rings (SSSR count). The van der Waals surface area contributed by atoms with Crippen LogP contribution in [-0.2, 0) is 11.2 Å². The third-order valence-electron chi connectivity index (χ3n) is 4.65. The van der Waals surface area contributed by atoms with Gasteiger partial charge in [0, 0.05) is 50.9 Å². The van der Waals surface area contributed by atoms with Gasteiger partial charge in [-0.25, -0.2) is 4.98 Å². The molecule has 0 saturated carbocycles. The van der Waals surface area contributed by atoms with Gasteiger partial charge in [0.15, 0.2) is 0 Å². The summed E-state index contributed by atoms with van der Waals surface area (Å²) < 4.78 is 0. The van der Waals surface area contributed by atoms with Crippen LogP contribution < -0.4 is 10.2 Å². The summed E-state index contributed by atoms with van der Waals surface area (Å²) in [5, 5.41) is 3.60. The number of carbonyl (C=O) groups is 2. The summed E-state index contributed by atoms with van der Waals surface area (Å²) in [6.45, 7) is 5.02. The molecule has 1 saturated heterocycles. The zero-order valence-electron chi connectivity index (χ0n) is 15.3. The SMILES string of the molecule is CC(=O)N1CCN(c2ccc(C(=O)NCCc3cccc(Cl)c3)cn2)CC1. The molecule has 1 aliphatic rings. The van der Waals surface area contributed by atoms with E-state index in [4.69, 9.17) is 11.6 Å². The first kappa shape index (κ1) is 19.2. The molecule has 2 aromatic rings. The number of piperazine rings is 1. The van der Waals surface area contributed by atoms with Gasteiger partial charge in [-0.1, -0.05) is 23.7 Å². The Morgan fingerprint density at radius 3 is 2.56 bits per heavy atom. The van der Waals surface area contributed by atoms with E-state index in [1.165, 1.54) is 0 Å². The average Bonchev–Trinajstić information content (AvgIpc) is 2.68. The minimum atomic E-state index is -0.141. The quantitative estimate of drug-likeness (QED) is 0.856. The van der Waals surface area contributed by atoms with Gasteiger partial charge in [0.1, 0.15) is 5.82 Å². The molecular formula is C20H23ClN4O2. The van der Waals surface area contributed by atoms with Crippen LogP contribution in [0.2, 0.25) is 5.02 Å². The van der Waals surface area contributed by atoms with Crippen molar-refractivity contribution >= 4 is 29.2 Å². The van der Waals surface area contributed by atoms with Gasteiger partial charge < -0.3 is 15.1 Å². The van der Waals surface area contributed by atoms with Crippen LogP contribution in [0, 0.1) is 0 Å². The van der Waals surface area contributed by atoms with Gasteiger partial charge in [-0.05, 0) is 36.2 Å². The number of nitrogens with zero attached hydrogens (tertiary/aromatic N) is 3. The number of aromatic nitrogens is 1. The Kier molecular flexibility index (Phi) is 6.29. The molecule has 0 atom stereocenters. The van der Waals surface area contributed by atoms with Gasteiger partial charge in [0.25, 0.3) is 5.91 Å². The predicted octanol–water partition coefficient (Wildman–Crippen LogP) is 2.38. The molecule has 0 bridgehead atoms. The number of hydrogen-bond donors (Lipinski definition) is 1. The summed E-state index contributed by atoms with van der Waals surface area (Å²) in [6, 6.07) is 11.3. The zero-order chi connectivity index (χ0) is 19.2. The average molecular weight is 387 g/mol. The molecule has 0 spiro atoms. The summed E-state index contributed by atoms with van der Waals surface area (Å²) in [6.07, 6.45) is 2.32. The third kappa shape index (κ3) is 5.20. The highest BCUT2D eigenvalue weighted by Crippen LogP contribution is 2.14. The highest BCUT2D eigenvalue weighted by Gasteiger charge is 2.19. The Hall–Kier alpha value is -2.60. The van der Waals surface area contributed by atoms with Crippen molar-refractivity contribution < 1.29 is 9.59 Å². The molecule has 142 valence electrons. The fraction of sp³-hybridized carbons (Fsp3) is 0.350. The fourth-order valence-electron chi connectivity index (χ4n) is 3.07. The minimum Gasteiger partial charge on any atom is -0.353 e. The van der Waals surface area contributed by atoms with Crippen molar-refractivity contribution in [3.63, 3.8) is 0 Å². The highest BCUT2D eigenvalue weighted by atomic mass is 35.5. The van der Waals surface area contributed by atoms with Crippen LogP contribution in [0.25, 0.3) is 0 Å². The Labute approximate surface area is 164 Å². The summed E-state index contributed by atoms with van der Waals surface area (Å²) in [5.41, 5.74) is 1.62. The molecular weight excluding hydrogens is 364 g/mol. The summed E-state index contributed by atoms with van der Waals surface area (Å²) in [5.74, 6) is 0.790. The van der Waals surface area contributed by atoms with Gasteiger partial charge in [0.2, 0.25) is 5.91 Å². The van der Waals surface area contributed by atoms with Crippen molar-refractivity contribution in [3.05, 3.63) is 58.7 Å². The van der Waals surface area contributed by atoms with Crippen molar-refractivity contribution in [2.75, 3.05) is 37.6 Å². The Morgan fingerprint density at radius 2 is 1.93 bits per heavy atom. The van der Waals surface area contributed by atoms with E-state index in [2.05, 4.69) is 15.2 Å². The number of rotatable bonds is 5. The smallest absolute Gasteiger partial charge is 0.252 e. The van der Waals surface area contributed by atoms with Crippen molar-refractivity contribution in [2.45, 2.75) is 13.3 Å². The molecule has 7 heteroatoms. The van der Waals surface area contributed by atoms with Crippen LogP contribution >= 0.6 is 11.6 Å². The van der Waals surface area contributed by atoms with E-state index < -0.39 is 0 Å². The van der Waals surface area contributed by atoms with Crippen molar-refractivity contribution in [3.8, 4) is 0 Å². The van der Waals surface area contributed by atoms with E-state index in [1.807, 2.05) is 35.2 Å². The van der Waals surface area contributed by atoms with E-state index in [0.717, 1.165) is 30.9 Å². The van der Waals surface area contributed by atoms with Crippen LogP contribution in [0.3, 0.4) is 0 Å². The van der Waals surface area contributed by atoms with Gasteiger partial charge in [-0.15, -0.1) is 0 Å². The second kappa shape index (κ2) is 8.86.